The second kappa shape index (κ2) is 8.86. The normalized spacial score (nSPS) is 22.7. The molecule has 0 aromatic heterocycles. The van der Waals surface area contributed by atoms with Crippen LogP contribution in [-0.4, -0.2) is 11.1 Å². The third-order valence-corrected chi connectivity index (χ3v) is 5.12. The third-order valence-electron chi connectivity index (χ3n) is 5.12. The van der Waals surface area contributed by atoms with Gasteiger partial charge in [-0.25, -0.2) is 4.79 Å². The summed E-state index contributed by atoms with van der Waals surface area (Å²) in [6.45, 7) is 13.1. The topological polar surface area (TPSA) is 37.3 Å². The molecule has 0 radical (unpaired) electrons. The molecule has 1 atom stereocenters. The highest BCUT2D eigenvalue weighted by molar-refractivity contribution is 5.81. The molecule has 1 unspecified atom stereocenters. The number of allylic oxidation sites excluding steroid dienone is 9. The molecule has 0 bridgehead atoms. The van der Waals surface area contributed by atoms with Crippen molar-refractivity contribution >= 4 is 5.97 Å². The summed E-state index contributed by atoms with van der Waals surface area (Å²) in [7, 11) is 0. The largest absolute Gasteiger partial charge is 0.478 e. The monoisotopic (exact) mass is 328 g/mol. The fourth-order valence-electron chi connectivity index (χ4n) is 3.59. The van der Waals surface area contributed by atoms with Gasteiger partial charge >= 0.3 is 5.97 Å². The zero-order chi connectivity index (χ0) is 18.3. The molecule has 0 saturated heterocycles. The maximum atomic E-state index is 10.6. The number of hydrogen-bond acceptors (Lipinski definition) is 1. The minimum atomic E-state index is -0.912. The molecule has 2 nitrogen and oxygen atoms in total. The number of carboxylic acid groups (broad SMARTS) is 1. The van der Waals surface area contributed by atoms with Crippen molar-refractivity contribution in [3.05, 3.63) is 58.7 Å². The van der Waals surface area contributed by atoms with E-state index in [1.807, 2.05) is 18.2 Å². The van der Waals surface area contributed by atoms with E-state index in [2.05, 4.69) is 46.8 Å². The van der Waals surface area contributed by atoms with Gasteiger partial charge in [-0.1, -0.05) is 68.7 Å². The molecule has 132 valence electrons. The number of carbonyl (C=O) groups is 1. The van der Waals surface area contributed by atoms with Crippen molar-refractivity contribution in [2.24, 2.45) is 11.3 Å². The van der Waals surface area contributed by atoms with Crippen LogP contribution in [0.3, 0.4) is 0 Å². The van der Waals surface area contributed by atoms with E-state index in [9.17, 15) is 4.79 Å². The molecule has 0 saturated carbocycles. The molecule has 2 heteroatoms. The molecule has 0 aliphatic heterocycles. The smallest absolute Gasteiger partial charge is 0.328 e. The third kappa shape index (κ3) is 5.67. The lowest BCUT2D eigenvalue weighted by atomic mass is 9.64. The minimum Gasteiger partial charge on any atom is -0.478 e. The number of carboxylic acids is 1. The summed E-state index contributed by atoms with van der Waals surface area (Å²) in [6.07, 6.45) is 15.1. The Morgan fingerprint density at radius 2 is 1.92 bits per heavy atom. The van der Waals surface area contributed by atoms with Gasteiger partial charge in [0.1, 0.15) is 0 Å². The highest BCUT2D eigenvalue weighted by atomic mass is 16.4. The summed E-state index contributed by atoms with van der Waals surface area (Å²) < 4.78 is 0. The predicted molar refractivity (Wildman–Crippen MR) is 103 cm³/mol. The van der Waals surface area contributed by atoms with Crippen LogP contribution in [0.25, 0.3) is 0 Å². The first-order chi connectivity index (χ1) is 11.2. The molecule has 0 fully saturated rings. The fourth-order valence-corrected chi connectivity index (χ4v) is 3.59. The lowest BCUT2D eigenvalue weighted by Gasteiger charge is -2.40. The molecule has 24 heavy (non-hydrogen) atoms. The molecule has 0 amide bonds. The van der Waals surface area contributed by atoms with Gasteiger partial charge in [0.2, 0.25) is 0 Å². The van der Waals surface area contributed by atoms with E-state index in [0.717, 1.165) is 17.1 Å². The minimum absolute atomic E-state index is 0.227. The van der Waals surface area contributed by atoms with Crippen LogP contribution in [0.2, 0.25) is 0 Å². The van der Waals surface area contributed by atoms with Gasteiger partial charge in [-0.3, -0.25) is 0 Å². The van der Waals surface area contributed by atoms with E-state index in [-0.39, 0.29) is 5.41 Å². The van der Waals surface area contributed by atoms with Crippen LogP contribution in [0.4, 0.5) is 0 Å². The van der Waals surface area contributed by atoms with Crippen molar-refractivity contribution in [2.75, 3.05) is 0 Å². The first kappa shape index (κ1) is 20.2. The average Bonchev–Trinajstić information content (AvgIpc) is 2.45. The zero-order valence-corrected chi connectivity index (χ0v) is 16.0. The molecule has 1 rings (SSSR count). The van der Waals surface area contributed by atoms with Crippen molar-refractivity contribution < 1.29 is 9.90 Å². The van der Waals surface area contributed by atoms with Gasteiger partial charge in [-0.2, -0.15) is 0 Å². The Hall–Kier alpha value is -1.83. The molecule has 0 aromatic carbocycles. The summed E-state index contributed by atoms with van der Waals surface area (Å²) in [4.78, 5) is 10.6. The maximum absolute atomic E-state index is 10.6. The van der Waals surface area contributed by atoms with Gasteiger partial charge in [-0.05, 0) is 56.1 Å². The van der Waals surface area contributed by atoms with Gasteiger partial charge < -0.3 is 5.11 Å². The highest BCUT2D eigenvalue weighted by Crippen LogP contribution is 2.46. The molecule has 0 heterocycles. The van der Waals surface area contributed by atoms with Crippen LogP contribution in [0.5, 0.6) is 0 Å². The molecule has 1 aliphatic carbocycles. The van der Waals surface area contributed by atoms with Crippen molar-refractivity contribution in [3.8, 4) is 0 Å². The van der Waals surface area contributed by atoms with Gasteiger partial charge in [0.15, 0.2) is 0 Å². The molecular formula is C22H32O2. The van der Waals surface area contributed by atoms with E-state index in [0.29, 0.717) is 0 Å². The molecule has 1 aliphatic rings. The summed E-state index contributed by atoms with van der Waals surface area (Å²) in [6, 6.07) is 0. The van der Waals surface area contributed by atoms with Crippen molar-refractivity contribution in [1.82, 2.24) is 0 Å². The van der Waals surface area contributed by atoms with Gasteiger partial charge in [0.05, 0.1) is 0 Å². The summed E-state index contributed by atoms with van der Waals surface area (Å²) in [5.74, 6) is -0.168. The van der Waals surface area contributed by atoms with E-state index in [1.54, 1.807) is 6.92 Å². The molecular weight excluding hydrogens is 296 g/mol. The van der Waals surface area contributed by atoms with E-state index >= 15 is 0 Å². The number of hydrogen-bond donors (Lipinski definition) is 1. The molecule has 0 aromatic rings. The van der Waals surface area contributed by atoms with Crippen LogP contribution in [0, 0.1) is 11.3 Å². The fraction of sp³-hybridized carbons (Fsp3) is 0.500. The van der Waals surface area contributed by atoms with Crippen LogP contribution in [0.1, 0.15) is 60.8 Å². The van der Waals surface area contributed by atoms with Crippen LogP contribution in [-0.2, 0) is 4.79 Å². The Morgan fingerprint density at radius 3 is 2.50 bits per heavy atom. The quantitative estimate of drug-likeness (QED) is 0.463. The number of rotatable bonds is 6. The Morgan fingerprint density at radius 1 is 1.25 bits per heavy atom. The van der Waals surface area contributed by atoms with Gasteiger partial charge in [-0.15, -0.1) is 0 Å². The zero-order valence-electron chi connectivity index (χ0n) is 16.0. The number of aliphatic carboxylic acids is 1. The Balaban J connectivity index is 2.89. The summed E-state index contributed by atoms with van der Waals surface area (Å²) in [5.41, 5.74) is 5.09. The molecule has 0 spiro atoms. The Labute approximate surface area is 147 Å². The second-order valence-corrected chi connectivity index (χ2v) is 7.39. The van der Waals surface area contributed by atoms with Crippen LogP contribution in [0.15, 0.2) is 58.7 Å². The summed E-state index contributed by atoms with van der Waals surface area (Å²) >= 11 is 0. The van der Waals surface area contributed by atoms with Crippen LogP contribution >= 0.6 is 0 Å². The predicted octanol–water partition coefficient (Wildman–Crippen LogP) is 6.24. The van der Waals surface area contributed by atoms with E-state index in [4.69, 9.17) is 5.11 Å². The van der Waals surface area contributed by atoms with Crippen LogP contribution < -0.4 is 0 Å². The average molecular weight is 328 g/mol. The van der Waals surface area contributed by atoms with Crippen molar-refractivity contribution in [1.29, 1.82) is 0 Å². The highest BCUT2D eigenvalue weighted by Gasteiger charge is 2.34. The van der Waals surface area contributed by atoms with E-state index < -0.39 is 5.97 Å². The Bertz CT molecular complexity index is 610. The first-order valence-electron chi connectivity index (χ1n) is 8.83. The SMILES string of the molecule is CCC1CCC(C)=C(/C=C/C(C)=C/C=C/C(C)=C/C(=O)O)C1(C)C. The summed E-state index contributed by atoms with van der Waals surface area (Å²) in [5, 5.41) is 8.69. The van der Waals surface area contributed by atoms with Crippen molar-refractivity contribution in [2.45, 2.75) is 60.8 Å². The second-order valence-electron chi connectivity index (χ2n) is 7.39. The Kier molecular flexibility index (Phi) is 7.47. The van der Waals surface area contributed by atoms with E-state index in [1.165, 1.54) is 36.5 Å². The lowest BCUT2D eigenvalue weighted by molar-refractivity contribution is -0.131. The maximum Gasteiger partial charge on any atom is 0.328 e. The first-order valence-corrected chi connectivity index (χ1v) is 8.83. The van der Waals surface area contributed by atoms with Gasteiger partial charge in [0, 0.05) is 6.08 Å². The van der Waals surface area contributed by atoms with Crippen molar-refractivity contribution in [3.63, 3.8) is 0 Å². The molecule has 1 N–H and O–H groups in total. The lowest BCUT2D eigenvalue weighted by Crippen LogP contribution is -2.29. The standard InChI is InChI=1S/C22H32O2/c1-7-19-13-12-18(4)20(22(19,5)6)14-11-16(2)9-8-10-17(3)15-21(23)24/h8-11,14-15,19H,7,12-13H2,1-6H3,(H,23,24)/b10-8+,14-11+,16-9+,17-15+. The van der Waals surface area contributed by atoms with Gasteiger partial charge in [0.25, 0.3) is 0 Å².